The van der Waals surface area contributed by atoms with Crippen molar-refractivity contribution < 1.29 is 14.7 Å². The van der Waals surface area contributed by atoms with Crippen LogP contribution in [0.25, 0.3) is 0 Å². The van der Waals surface area contributed by atoms with E-state index in [-0.39, 0.29) is 29.6 Å². The van der Waals surface area contributed by atoms with Gasteiger partial charge in [-0.2, -0.15) is 0 Å². The summed E-state index contributed by atoms with van der Waals surface area (Å²) in [4.78, 5) is 38.7. The quantitative estimate of drug-likeness (QED) is 0.853. The number of aliphatic carboxylic acids is 1. The average Bonchev–Trinajstić information content (AvgIpc) is 2.33. The summed E-state index contributed by atoms with van der Waals surface area (Å²) < 4.78 is 0. The first-order chi connectivity index (χ1) is 9.22. The van der Waals surface area contributed by atoms with Crippen molar-refractivity contribution in [2.24, 2.45) is 0 Å². The van der Waals surface area contributed by atoms with Crippen molar-refractivity contribution >= 4 is 11.9 Å². The number of nitrogens with zero attached hydrogens (tertiary/aromatic N) is 1. The van der Waals surface area contributed by atoms with E-state index in [9.17, 15) is 14.4 Å². The van der Waals surface area contributed by atoms with Crippen LogP contribution in [-0.2, 0) is 4.79 Å². The van der Waals surface area contributed by atoms with Crippen molar-refractivity contribution in [2.45, 2.75) is 39.7 Å². The summed E-state index contributed by atoms with van der Waals surface area (Å²) >= 11 is 0. The number of carboxylic acid groups (broad SMARTS) is 1. The molecule has 1 rings (SSSR count). The molecule has 0 spiro atoms. The van der Waals surface area contributed by atoms with Gasteiger partial charge in [0.25, 0.3) is 5.91 Å². The number of aromatic nitrogens is 1. The highest BCUT2D eigenvalue weighted by Crippen LogP contribution is 2.13. The molecule has 0 saturated carbocycles. The number of carbonyl (C=O) groups is 2. The minimum atomic E-state index is -1.08. The van der Waals surface area contributed by atoms with Crippen molar-refractivity contribution in [3.05, 3.63) is 33.7 Å². The lowest BCUT2D eigenvalue weighted by atomic mass is 10.1. The summed E-state index contributed by atoms with van der Waals surface area (Å²) in [6.45, 7) is 6.88. The summed E-state index contributed by atoms with van der Waals surface area (Å²) in [6.07, 6.45) is 0. The van der Waals surface area contributed by atoms with E-state index in [1.807, 2.05) is 13.8 Å². The van der Waals surface area contributed by atoms with Gasteiger partial charge in [-0.3, -0.25) is 14.4 Å². The highest BCUT2D eigenvalue weighted by Gasteiger charge is 2.22. The first-order valence-electron chi connectivity index (χ1n) is 6.49. The van der Waals surface area contributed by atoms with E-state index < -0.39 is 11.9 Å². The Balaban J connectivity index is 3.18. The molecule has 0 saturated heterocycles. The van der Waals surface area contributed by atoms with Gasteiger partial charge in [0.1, 0.15) is 6.54 Å². The molecule has 0 unspecified atom stereocenters. The van der Waals surface area contributed by atoms with Crippen molar-refractivity contribution in [1.82, 2.24) is 9.88 Å². The molecule has 1 heterocycles. The maximum Gasteiger partial charge on any atom is 0.323 e. The second kappa shape index (κ2) is 6.36. The van der Waals surface area contributed by atoms with Crippen LogP contribution in [0.1, 0.15) is 49.7 Å². The predicted octanol–water partition coefficient (Wildman–Crippen LogP) is 1.43. The Morgan fingerprint density at radius 1 is 1.25 bits per heavy atom. The fraction of sp³-hybridized carbons (Fsp3) is 0.500. The number of carbonyl (C=O) groups excluding carboxylic acids is 1. The van der Waals surface area contributed by atoms with Crippen molar-refractivity contribution in [2.75, 3.05) is 6.54 Å². The van der Waals surface area contributed by atoms with Gasteiger partial charge in [-0.05, 0) is 25.8 Å². The molecular weight excluding hydrogens is 260 g/mol. The van der Waals surface area contributed by atoms with Crippen LogP contribution in [0, 0.1) is 0 Å². The Bertz CT molecular complexity index is 561. The van der Waals surface area contributed by atoms with Gasteiger partial charge >= 0.3 is 5.97 Å². The van der Waals surface area contributed by atoms with Gasteiger partial charge in [0.15, 0.2) is 0 Å². The third kappa shape index (κ3) is 3.94. The van der Waals surface area contributed by atoms with Crippen LogP contribution in [0.2, 0.25) is 0 Å². The lowest BCUT2D eigenvalue weighted by Gasteiger charge is -2.25. The number of nitrogens with one attached hydrogen (secondary N) is 1. The van der Waals surface area contributed by atoms with Gasteiger partial charge in [-0.25, -0.2) is 0 Å². The average molecular weight is 280 g/mol. The second-order valence-corrected chi connectivity index (χ2v) is 5.26. The van der Waals surface area contributed by atoms with E-state index in [1.165, 1.54) is 11.0 Å². The minimum Gasteiger partial charge on any atom is -0.480 e. The first-order valence-corrected chi connectivity index (χ1v) is 6.49. The number of amides is 1. The third-order valence-corrected chi connectivity index (χ3v) is 2.92. The molecule has 0 bridgehead atoms. The smallest absolute Gasteiger partial charge is 0.323 e. The number of aromatic amines is 1. The molecule has 0 aliphatic rings. The van der Waals surface area contributed by atoms with E-state index in [4.69, 9.17) is 5.11 Å². The van der Waals surface area contributed by atoms with Crippen LogP contribution in [-0.4, -0.2) is 39.5 Å². The van der Waals surface area contributed by atoms with E-state index >= 15 is 0 Å². The second-order valence-electron chi connectivity index (χ2n) is 5.26. The lowest BCUT2D eigenvalue weighted by Crippen LogP contribution is -2.41. The molecule has 0 aliphatic carbocycles. The maximum absolute atomic E-state index is 12.4. The zero-order valence-corrected chi connectivity index (χ0v) is 12.1. The summed E-state index contributed by atoms with van der Waals surface area (Å²) in [5.41, 5.74) is 0.505. The van der Waals surface area contributed by atoms with Crippen LogP contribution in [0.15, 0.2) is 16.9 Å². The number of H-pyrrole nitrogens is 1. The van der Waals surface area contributed by atoms with Gasteiger partial charge in [0, 0.05) is 23.4 Å². The largest absolute Gasteiger partial charge is 0.480 e. The Morgan fingerprint density at radius 2 is 1.85 bits per heavy atom. The van der Waals surface area contributed by atoms with Gasteiger partial charge < -0.3 is 15.0 Å². The predicted molar refractivity (Wildman–Crippen MR) is 75.0 cm³/mol. The zero-order chi connectivity index (χ0) is 15.4. The van der Waals surface area contributed by atoms with Gasteiger partial charge in [-0.15, -0.1) is 0 Å². The van der Waals surface area contributed by atoms with Crippen LogP contribution in [0.3, 0.4) is 0 Å². The molecule has 20 heavy (non-hydrogen) atoms. The molecule has 6 heteroatoms. The van der Waals surface area contributed by atoms with E-state index in [2.05, 4.69) is 4.98 Å². The molecule has 0 radical (unpaired) electrons. The van der Waals surface area contributed by atoms with E-state index in [1.54, 1.807) is 19.9 Å². The summed E-state index contributed by atoms with van der Waals surface area (Å²) in [7, 11) is 0. The SMILES string of the molecule is CC(C)c1cc(C(=O)N(CC(=O)O)C(C)C)cc(=O)[nH]1. The van der Waals surface area contributed by atoms with E-state index in [0.29, 0.717) is 5.69 Å². The van der Waals surface area contributed by atoms with Crippen LogP contribution >= 0.6 is 0 Å². The molecule has 0 fully saturated rings. The molecular formula is C14H20N2O4. The normalized spacial score (nSPS) is 10.9. The number of rotatable bonds is 5. The molecule has 2 N–H and O–H groups in total. The summed E-state index contributed by atoms with van der Waals surface area (Å²) in [5, 5.41) is 8.86. The first kappa shape index (κ1) is 15.9. The van der Waals surface area contributed by atoms with Crippen molar-refractivity contribution in [3.8, 4) is 0 Å². The van der Waals surface area contributed by atoms with Gasteiger partial charge in [0.05, 0.1) is 0 Å². The standard InChI is InChI=1S/C14H20N2O4/c1-8(2)11-5-10(6-12(17)15-11)14(20)16(9(3)4)7-13(18)19/h5-6,8-9H,7H2,1-4H3,(H,15,17)(H,18,19). The highest BCUT2D eigenvalue weighted by atomic mass is 16.4. The zero-order valence-electron chi connectivity index (χ0n) is 12.1. The van der Waals surface area contributed by atoms with Gasteiger partial charge in [0.2, 0.25) is 5.56 Å². The molecule has 0 aliphatic heterocycles. The Morgan fingerprint density at radius 3 is 2.30 bits per heavy atom. The fourth-order valence-corrected chi connectivity index (χ4v) is 1.80. The Hall–Kier alpha value is -2.11. The minimum absolute atomic E-state index is 0.0717. The number of pyridine rings is 1. The van der Waals surface area contributed by atoms with Crippen LogP contribution in [0.5, 0.6) is 0 Å². The Labute approximate surface area is 117 Å². The number of hydrogen-bond acceptors (Lipinski definition) is 3. The molecule has 1 aromatic rings. The van der Waals surface area contributed by atoms with Crippen LogP contribution < -0.4 is 5.56 Å². The van der Waals surface area contributed by atoms with Crippen molar-refractivity contribution in [1.29, 1.82) is 0 Å². The van der Waals surface area contributed by atoms with Gasteiger partial charge in [-0.1, -0.05) is 13.8 Å². The summed E-state index contributed by atoms with van der Waals surface area (Å²) in [6, 6.07) is 2.54. The lowest BCUT2D eigenvalue weighted by molar-refractivity contribution is -0.138. The monoisotopic (exact) mass is 280 g/mol. The molecule has 0 aromatic carbocycles. The summed E-state index contributed by atoms with van der Waals surface area (Å²) in [5.74, 6) is -1.46. The molecule has 110 valence electrons. The Kier molecular flexibility index (Phi) is 5.07. The van der Waals surface area contributed by atoms with Crippen molar-refractivity contribution in [3.63, 3.8) is 0 Å². The topological polar surface area (TPSA) is 90.5 Å². The fourth-order valence-electron chi connectivity index (χ4n) is 1.80. The number of hydrogen-bond donors (Lipinski definition) is 2. The molecule has 1 amide bonds. The molecule has 6 nitrogen and oxygen atoms in total. The number of carboxylic acids is 1. The van der Waals surface area contributed by atoms with E-state index in [0.717, 1.165) is 0 Å². The third-order valence-electron chi connectivity index (χ3n) is 2.92. The molecule has 0 atom stereocenters. The van der Waals surface area contributed by atoms with Crippen LogP contribution in [0.4, 0.5) is 0 Å². The maximum atomic E-state index is 12.4. The molecule has 1 aromatic heterocycles. The highest BCUT2D eigenvalue weighted by molar-refractivity contribution is 5.96.